The highest BCUT2D eigenvalue weighted by atomic mass is 79.9. The number of nitrogens with zero attached hydrogens (tertiary/aromatic N) is 2. The van der Waals surface area contributed by atoms with Crippen molar-refractivity contribution in [2.24, 2.45) is 0 Å². The number of hydrogen-bond donors (Lipinski definition) is 1. The third-order valence-electron chi connectivity index (χ3n) is 2.93. The van der Waals surface area contributed by atoms with Crippen LogP contribution in [-0.2, 0) is 19.6 Å². The van der Waals surface area contributed by atoms with E-state index < -0.39 is 0 Å². The number of rotatable bonds is 8. The summed E-state index contributed by atoms with van der Waals surface area (Å²) in [5.41, 5.74) is 1.16. The zero-order chi connectivity index (χ0) is 15.1. The van der Waals surface area contributed by atoms with E-state index in [1.54, 1.807) is 0 Å². The Morgan fingerprint density at radius 1 is 1.33 bits per heavy atom. The van der Waals surface area contributed by atoms with Crippen LogP contribution in [0.4, 0.5) is 0 Å². The topological polar surface area (TPSA) is 60.2 Å². The second-order valence-electron chi connectivity index (χ2n) is 4.68. The summed E-state index contributed by atoms with van der Waals surface area (Å²) in [5.74, 6) is 2.04. The normalized spacial score (nSPS) is 10.8. The summed E-state index contributed by atoms with van der Waals surface area (Å²) in [6.07, 6.45) is 1.83. The smallest absolute Gasteiger partial charge is 0.264 e. The molecule has 114 valence electrons. The van der Waals surface area contributed by atoms with Crippen molar-refractivity contribution >= 4 is 15.9 Å². The van der Waals surface area contributed by atoms with Gasteiger partial charge in [-0.15, -0.1) is 0 Å². The second-order valence-corrected chi connectivity index (χ2v) is 5.53. The average molecular weight is 354 g/mol. The van der Waals surface area contributed by atoms with Crippen LogP contribution < -0.4 is 10.1 Å². The highest BCUT2D eigenvalue weighted by molar-refractivity contribution is 9.10. The fraction of sp³-hybridized carbons (Fsp3) is 0.467. The van der Waals surface area contributed by atoms with Crippen LogP contribution in [0.3, 0.4) is 0 Å². The van der Waals surface area contributed by atoms with Crippen molar-refractivity contribution in [2.45, 2.75) is 39.8 Å². The number of aryl methyl sites for hydroxylation is 1. The molecule has 0 aliphatic heterocycles. The molecular formula is C15H20BrN3O2. The molecule has 0 saturated carbocycles. The van der Waals surface area contributed by atoms with Crippen LogP contribution in [-0.4, -0.2) is 16.7 Å². The van der Waals surface area contributed by atoms with Gasteiger partial charge in [0.15, 0.2) is 12.4 Å². The predicted molar refractivity (Wildman–Crippen MR) is 84.1 cm³/mol. The Labute approximate surface area is 133 Å². The lowest BCUT2D eigenvalue weighted by molar-refractivity contribution is 0.242. The first-order chi connectivity index (χ1) is 10.2. The van der Waals surface area contributed by atoms with E-state index in [2.05, 4.69) is 45.2 Å². The molecule has 1 N–H and O–H groups in total. The van der Waals surface area contributed by atoms with E-state index in [1.165, 1.54) is 0 Å². The number of aromatic nitrogens is 2. The molecule has 21 heavy (non-hydrogen) atoms. The van der Waals surface area contributed by atoms with Crippen molar-refractivity contribution in [3.8, 4) is 5.75 Å². The van der Waals surface area contributed by atoms with E-state index in [0.29, 0.717) is 12.5 Å². The van der Waals surface area contributed by atoms with E-state index in [-0.39, 0.29) is 0 Å². The van der Waals surface area contributed by atoms with Gasteiger partial charge in [0.25, 0.3) is 5.89 Å². The molecular weight excluding hydrogens is 334 g/mol. The number of halogens is 1. The summed E-state index contributed by atoms with van der Waals surface area (Å²) < 4.78 is 11.9. The molecule has 0 unspecified atom stereocenters. The van der Waals surface area contributed by atoms with Gasteiger partial charge in [-0.2, -0.15) is 4.98 Å². The van der Waals surface area contributed by atoms with Gasteiger partial charge in [-0.1, -0.05) is 34.9 Å². The van der Waals surface area contributed by atoms with Crippen molar-refractivity contribution in [2.75, 3.05) is 6.54 Å². The zero-order valence-corrected chi connectivity index (χ0v) is 13.9. The van der Waals surface area contributed by atoms with E-state index >= 15 is 0 Å². The van der Waals surface area contributed by atoms with Gasteiger partial charge in [-0.05, 0) is 36.7 Å². The molecule has 0 radical (unpaired) electrons. The van der Waals surface area contributed by atoms with E-state index in [9.17, 15) is 0 Å². The van der Waals surface area contributed by atoms with Crippen molar-refractivity contribution in [3.63, 3.8) is 0 Å². The predicted octanol–water partition coefficient (Wildman–Crippen LogP) is 3.47. The van der Waals surface area contributed by atoms with Gasteiger partial charge in [0.2, 0.25) is 0 Å². The molecule has 0 atom stereocenters. The Bertz CT molecular complexity index is 572. The van der Waals surface area contributed by atoms with Gasteiger partial charge in [-0.3, -0.25) is 0 Å². The van der Waals surface area contributed by atoms with Gasteiger partial charge in [-0.25, -0.2) is 0 Å². The summed E-state index contributed by atoms with van der Waals surface area (Å²) in [6.45, 7) is 6.19. The molecule has 0 bridgehead atoms. The number of nitrogens with one attached hydrogen (secondary N) is 1. The first kappa shape index (κ1) is 16.0. The number of ether oxygens (including phenoxy) is 1. The van der Waals surface area contributed by atoms with E-state index in [1.807, 2.05) is 18.2 Å². The molecule has 5 nitrogen and oxygen atoms in total. The largest absolute Gasteiger partial charge is 0.484 e. The van der Waals surface area contributed by atoms with Crippen LogP contribution in [0.25, 0.3) is 0 Å². The Morgan fingerprint density at radius 3 is 2.95 bits per heavy atom. The summed E-state index contributed by atoms with van der Waals surface area (Å²) in [7, 11) is 0. The molecule has 1 aromatic carbocycles. The van der Waals surface area contributed by atoms with Crippen LogP contribution in [0.5, 0.6) is 5.75 Å². The van der Waals surface area contributed by atoms with Crippen LogP contribution in [0.2, 0.25) is 0 Å². The summed E-state index contributed by atoms with van der Waals surface area (Å²) in [6, 6.07) is 5.91. The van der Waals surface area contributed by atoms with Crippen LogP contribution in [0, 0.1) is 0 Å². The maximum atomic E-state index is 5.71. The molecule has 0 aliphatic rings. The van der Waals surface area contributed by atoms with E-state index in [4.69, 9.17) is 9.26 Å². The van der Waals surface area contributed by atoms with Crippen molar-refractivity contribution < 1.29 is 9.26 Å². The molecule has 0 saturated heterocycles. The van der Waals surface area contributed by atoms with Crippen LogP contribution in [0.15, 0.2) is 27.2 Å². The highest BCUT2D eigenvalue weighted by Gasteiger charge is 2.07. The first-order valence-corrected chi connectivity index (χ1v) is 7.95. The van der Waals surface area contributed by atoms with Crippen molar-refractivity contribution in [3.05, 3.63) is 40.0 Å². The minimum absolute atomic E-state index is 0.291. The van der Waals surface area contributed by atoms with Gasteiger partial charge in [0, 0.05) is 17.4 Å². The van der Waals surface area contributed by atoms with Gasteiger partial charge >= 0.3 is 0 Å². The van der Waals surface area contributed by atoms with Crippen molar-refractivity contribution in [1.82, 2.24) is 15.5 Å². The van der Waals surface area contributed by atoms with Gasteiger partial charge in [0.1, 0.15) is 5.75 Å². The quantitative estimate of drug-likeness (QED) is 0.787. The van der Waals surface area contributed by atoms with Crippen molar-refractivity contribution in [1.29, 1.82) is 0 Å². The monoisotopic (exact) mass is 353 g/mol. The molecule has 2 aromatic rings. The third kappa shape index (κ3) is 4.82. The summed E-state index contributed by atoms with van der Waals surface area (Å²) >= 11 is 3.54. The molecule has 0 spiro atoms. The maximum absolute atomic E-state index is 5.71. The van der Waals surface area contributed by atoms with Gasteiger partial charge < -0.3 is 14.6 Å². The lowest BCUT2D eigenvalue weighted by Crippen LogP contribution is -2.12. The average Bonchev–Trinajstić information content (AvgIpc) is 2.93. The summed E-state index contributed by atoms with van der Waals surface area (Å²) in [5, 5.41) is 7.20. The fourth-order valence-corrected chi connectivity index (χ4v) is 2.24. The minimum atomic E-state index is 0.291. The zero-order valence-electron chi connectivity index (χ0n) is 12.4. The summed E-state index contributed by atoms with van der Waals surface area (Å²) in [4.78, 5) is 4.28. The molecule has 0 fully saturated rings. The van der Waals surface area contributed by atoms with E-state index in [0.717, 1.165) is 47.5 Å². The standard InChI is InChI=1S/C15H20BrN3O2/c1-3-5-14-18-15(21-19-14)10-20-12-6-7-13(16)11(8-12)9-17-4-2/h6-8,17H,3-5,9-10H2,1-2H3. The van der Waals surface area contributed by atoms with Crippen LogP contribution in [0.1, 0.15) is 37.5 Å². The highest BCUT2D eigenvalue weighted by Crippen LogP contribution is 2.23. The van der Waals surface area contributed by atoms with Crippen LogP contribution >= 0.6 is 15.9 Å². The maximum Gasteiger partial charge on any atom is 0.264 e. The minimum Gasteiger partial charge on any atom is -0.484 e. The molecule has 1 heterocycles. The molecule has 0 aliphatic carbocycles. The number of hydrogen-bond acceptors (Lipinski definition) is 5. The Morgan fingerprint density at radius 2 is 2.19 bits per heavy atom. The Balaban J connectivity index is 1.95. The SMILES string of the molecule is CCCc1noc(COc2ccc(Br)c(CNCC)c2)n1. The Hall–Kier alpha value is -1.40. The fourth-order valence-electron chi connectivity index (χ4n) is 1.86. The first-order valence-electron chi connectivity index (χ1n) is 7.16. The molecule has 0 amide bonds. The lowest BCUT2D eigenvalue weighted by Gasteiger charge is -2.09. The number of benzene rings is 1. The molecule has 6 heteroatoms. The third-order valence-corrected chi connectivity index (χ3v) is 3.70. The van der Waals surface area contributed by atoms with Gasteiger partial charge in [0.05, 0.1) is 0 Å². The molecule has 1 aromatic heterocycles. The lowest BCUT2D eigenvalue weighted by atomic mass is 10.2. The second kappa shape index (κ2) is 8.14. The Kier molecular flexibility index (Phi) is 6.20. The molecule has 2 rings (SSSR count).